The highest BCUT2D eigenvalue weighted by Gasteiger charge is 2.12. The second-order valence-electron chi connectivity index (χ2n) is 5.51. The molecule has 1 aliphatic heterocycles. The Morgan fingerprint density at radius 3 is 2.36 bits per heavy atom. The number of hydrogen-bond donors (Lipinski definition) is 4. The van der Waals surface area contributed by atoms with Crippen LogP contribution in [0.5, 0.6) is 0 Å². The highest BCUT2D eigenvalue weighted by Crippen LogP contribution is 2.22. The minimum Gasteiger partial charge on any atom is -0.399 e. The zero-order valence-corrected chi connectivity index (χ0v) is 12.5. The number of nitrogens with two attached hydrogens (primary N) is 2. The summed E-state index contributed by atoms with van der Waals surface area (Å²) in [6.45, 7) is 4.05. The molecule has 0 spiro atoms. The summed E-state index contributed by atoms with van der Waals surface area (Å²) in [5.41, 5.74) is 16.1. The van der Waals surface area contributed by atoms with Gasteiger partial charge in [-0.05, 0) is 30.3 Å². The summed E-state index contributed by atoms with van der Waals surface area (Å²) in [7, 11) is 0. The third kappa shape index (κ3) is 2.89. The Morgan fingerprint density at radius 2 is 1.68 bits per heavy atom. The van der Waals surface area contributed by atoms with Gasteiger partial charge in [0.05, 0.1) is 5.71 Å². The quantitative estimate of drug-likeness (QED) is 0.512. The van der Waals surface area contributed by atoms with Crippen LogP contribution in [0.1, 0.15) is 11.1 Å². The number of nitrogens with zero attached hydrogens (tertiary/aromatic N) is 1. The molecule has 1 saturated heterocycles. The Balaban J connectivity index is 1.82. The van der Waals surface area contributed by atoms with E-state index in [0.29, 0.717) is 22.6 Å². The van der Waals surface area contributed by atoms with Gasteiger partial charge in [-0.2, -0.15) is 0 Å². The van der Waals surface area contributed by atoms with Crippen molar-refractivity contribution in [3.63, 3.8) is 0 Å². The lowest BCUT2D eigenvalue weighted by Gasteiger charge is -2.29. The lowest BCUT2D eigenvalue weighted by Crippen LogP contribution is -2.43. The Hall–Kier alpha value is -2.53. The lowest BCUT2D eigenvalue weighted by atomic mass is 10.00. The standard InChI is InChI=1S/C17H21N5/c18-13-3-6-16(19)15(11-13)17(20)12-1-4-14(5-2-12)22-9-7-21-8-10-22/h1-6,11,20-21H,7-10,18-19H2. The first-order valence-corrected chi connectivity index (χ1v) is 7.45. The third-order valence-electron chi connectivity index (χ3n) is 3.98. The third-order valence-corrected chi connectivity index (χ3v) is 3.98. The van der Waals surface area contributed by atoms with Gasteiger partial charge in [0.1, 0.15) is 0 Å². The van der Waals surface area contributed by atoms with Gasteiger partial charge in [0, 0.05) is 54.4 Å². The maximum Gasteiger partial charge on any atom is 0.0706 e. The van der Waals surface area contributed by atoms with E-state index in [1.165, 1.54) is 5.69 Å². The Kier molecular flexibility index (Phi) is 3.98. The molecule has 0 unspecified atom stereocenters. The molecule has 22 heavy (non-hydrogen) atoms. The summed E-state index contributed by atoms with van der Waals surface area (Å²) in [5.74, 6) is 0. The molecule has 0 amide bonds. The van der Waals surface area contributed by atoms with Crippen molar-refractivity contribution in [3.8, 4) is 0 Å². The van der Waals surface area contributed by atoms with Gasteiger partial charge in [-0.3, -0.25) is 5.41 Å². The normalized spacial score (nSPS) is 14.8. The van der Waals surface area contributed by atoms with E-state index in [9.17, 15) is 0 Å². The van der Waals surface area contributed by atoms with Gasteiger partial charge in [0.15, 0.2) is 0 Å². The van der Waals surface area contributed by atoms with E-state index in [1.54, 1.807) is 18.2 Å². The molecule has 0 atom stereocenters. The van der Waals surface area contributed by atoms with Crippen LogP contribution >= 0.6 is 0 Å². The van der Waals surface area contributed by atoms with Gasteiger partial charge in [0.25, 0.3) is 0 Å². The van der Waals surface area contributed by atoms with E-state index < -0.39 is 0 Å². The fraction of sp³-hybridized carbons (Fsp3) is 0.235. The van der Waals surface area contributed by atoms with Gasteiger partial charge >= 0.3 is 0 Å². The van der Waals surface area contributed by atoms with Crippen molar-refractivity contribution < 1.29 is 0 Å². The molecule has 1 fully saturated rings. The highest BCUT2D eigenvalue weighted by atomic mass is 15.2. The first kappa shape index (κ1) is 14.4. The van der Waals surface area contributed by atoms with Crippen LogP contribution < -0.4 is 21.7 Å². The molecule has 2 aromatic carbocycles. The van der Waals surface area contributed by atoms with E-state index in [2.05, 4.69) is 22.3 Å². The summed E-state index contributed by atoms with van der Waals surface area (Å²) >= 11 is 0. The van der Waals surface area contributed by atoms with Crippen molar-refractivity contribution in [1.29, 1.82) is 5.41 Å². The molecule has 0 radical (unpaired) electrons. The number of rotatable bonds is 3. The van der Waals surface area contributed by atoms with Crippen molar-refractivity contribution >= 4 is 22.8 Å². The number of hydrogen-bond acceptors (Lipinski definition) is 5. The van der Waals surface area contributed by atoms with Gasteiger partial charge in [-0.1, -0.05) is 12.1 Å². The molecule has 5 nitrogen and oxygen atoms in total. The van der Waals surface area contributed by atoms with Crippen LogP contribution in [-0.4, -0.2) is 31.9 Å². The summed E-state index contributed by atoms with van der Waals surface area (Å²) in [6.07, 6.45) is 0. The minimum atomic E-state index is 0.400. The molecular weight excluding hydrogens is 274 g/mol. The van der Waals surface area contributed by atoms with E-state index in [1.807, 2.05) is 12.1 Å². The molecule has 0 aliphatic carbocycles. The molecule has 1 aliphatic rings. The molecular formula is C17H21N5. The van der Waals surface area contributed by atoms with E-state index in [0.717, 1.165) is 31.7 Å². The highest BCUT2D eigenvalue weighted by molar-refractivity contribution is 6.14. The maximum atomic E-state index is 8.36. The number of nitrogens with one attached hydrogen (secondary N) is 2. The largest absolute Gasteiger partial charge is 0.399 e. The second-order valence-corrected chi connectivity index (χ2v) is 5.51. The Labute approximate surface area is 130 Å². The van der Waals surface area contributed by atoms with Crippen molar-refractivity contribution in [2.24, 2.45) is 0 Å². The SMILES string of the molecule is N=C(c1ccc(N2CCNCC2)cc1)c1cc(N)ccc1N. The molecule has 2 aromatic rings. The van der Waals surface area contributed by atoms with Gasteiger partial charge < -0.3 is 21.7 Å². The van der Waals surface area contributed by atoms with Crippen molar-refractivity contribution in [2.45, 2.75) is 0 Å². The zero-order chi connectivity index (χ0) is 15.5. The van der Waals surface area contributed by atoms with E-state index in [-0.39, 0.29) is 0 Å². The predicted molar refractivity (Wildman–Crippen MR) is 92.7 cm³/mol. The molecule has 0 bridgehead atoms. The summed E-state index contributed by atoms with van der Waals surface area (Å²) in [5, 5.41) is 11.7. The maximum absolute atomic E-state index is 8.36. The molecule has 0 saturated carbocycles. The van der Waals surface area contributed by atoms with Crippen molar-refractivity contribution in [2.75, 3.05) is 42.5 Å². The van der Waals surface area contributed by atoms with Crippen LogP contribution in [0.25, 0.3) is 0 Å². The van der Waals surface area contributed by atoms with Crippen LogP contribution in [0.15, 0.2) is 42.5 Å². The predicted octanol–water partition coefficient (Wildman–Crippen LogP) is 1.68. The average molecular weight is 295 g/mol. The smallest absolute Gasteiger partial charge is 0.0706 e. The van der Waals surface area contributed by atoms with E-state index in [4.69, 9.17) is 16.9 Å². The number of benzene rings is 2. The van der Waals surface area contributed by atoms with Crippen LogP contribution in [0.4, 0.5) is 17.1 Å². The number of piperazine rings is 1. The zero-order valence-electron chi connectivity index (χ0n) is 12.5. The second kappa shape index (κ2) is 6.07. The van der Waals surface area contributed by atoms with Crippen LogP contribution in [-0.2, 0) is 0 Å². The first-order chi connectivity index (χ1) is 10.6. The van der Waals surface area contributed by atoms with E-state index >= 15 is 0 Å². The Morgan fingerprint density at radius 1 is 1.00 bits per heavy atom. The van der Waals surface area contributed by atoms with Gasteiger partial charge in [-0.15, -0.1) is 0 Å². The number of anilines is 3. The molecule has 5 heteroatoms. The monoisotopic (exact) mass is 295 g/mol. The number of nitrogen functional groups attached to an aromatic ring is 2. The van der Waals surface area contributed by atoms with Crippen molar-refractivity contribution in [1.82, 2.24) is 5.32 Å². The topological polar surface area (TPSA) is 91.2 Å². The summed E-state index contributed by atoms with van der Waals surface area (Å²) in [6, 6.07) is 13.3. The molecule has 114 valence electrons. The average Bonchev–Trinajstić information content (AvgIpc) is 2.57. The molecule has 6 N–H and O–H groups in total. The lowest BCUT2D eigenvalue weighted by molar-refractivity contribution is 0.589. The fourth-order valence-corrected chi connectivity index (χ4v) is 2.71. The fourth-order valence-electron chi connectivity index (χ4n) is 2.71. The van der Waals surface area contributed by atoms with Crippen LogP contribution in [0, 0.1) is 5.41 Å². The Bertz CT molecular complexity index is 672. The molecule has 0 aromatic heterocycles. The van der Waals surface area contributed by atoms with Crippen LogP contribution in [0.3, 0.4) is 0 Å². The summed E-state index contributed by atoms with van der Waals surface area (Å²) in [4.78, 5) is 2.35. The molecule has 3 rings (SSSR count). The minimum absolute atomic E-state index is 0.400. The van der Waals surface area contributed by atoms with Crippen molar-refractivity contribution in [3.05, 3.63) is 53.6 Å². The van der Waals surface area contributed by atoms with Gasteiger partial charge in [-0.25, -0.2) is 0 Å². The van der Waals surface area contributed by atoms with Gasteiger partial charge in [0.2, 0.25) is 0 Å². The molecule has 1 heterocycles. The summed E-state index contributed by atoms with van der Waals surface area (Å²) < 4.78 is 0. The van der Waals surface area contributed by atoms with Crippen LogP contribution in [0.2, 0.25) is 0 Å². The first-order valence-electron chi connectivity index (χ1n) is 7.45.